The first-order chi connectivity index (χ1) is 17.0. The lowest BCUT2D eigenvalue weighted by atomic mass is 9.98. The van der Waals surface area contributed by atoms with Crippen LogP contribution in [0.5, 0.6) is 11.5 Å². The molecule has 5 rings (SSSR count). The molecule has 0 N–H and O–H groups in total. The molecule has 8 nitrogen and oxygen atoms in total. The molecule has 0 saturated carbocycles. The summed E-state index contributed by atoms with van der Waals surface area (Å²) in [6.45, 7) is 6.18. The predicted octanol–water partition coefficient (Wildman–Crippen LogP) is 3.22. The zero-order valence-corrected chi connectivity index (χ0v) is 19.7. The highest BCUT2D eigenvalue weighted by Crippen LogP contribution is 2.41. The zero-order valence-electron chi connectivity index (χ0n) is 19.7. The Kier molecular flexibility index (Phi) is 6.44. The first-order valence-corrected chi connectivity index (χ1v) is 11.7. The lowest BCUT2D eigenvalue weighted by Crippen LogP contribution is -2.42. The standard InChI is InChI=1S/C26H27FN2O6/c1-3-34-20-6-4-16(14-21(20)32-2)23-22-24(30)18-15-17(27)5-7-19(18)35-25(22)26(31)29(23)9-8-28-10-12-33-13-11-28/h4-7,14-15,23H,3,8-13H2,1-2H3. The van der Waals surface area contributed by atoms with E-state index in [-0.39, 0.29) is 28.2 Å². The van der Waals surface area contributed by atoms with Crippen LogP contribution < -0.4 is 14.9 Å². The SMILES string of the molecule is CCOc1ccc(C2c3c(oc4ccc(F)cc4c3=O)C(=O)N2CCN2CCOCC2)cc1OC. The van der Waals surface area contributed by atoms with Gasteiger partial charge in [-0.15, -0.1) is 0 Å². The third-order valence-corrected chi connectivity index (χ3v) is 6.49. The second-order valence-electron chi connectivity index (χ2n) is 8.51. The van der Waals surface area contributed by atoms with Gasteiger partial charge in [-0.1, -0.05) is 6.07 Å². The Bertz CT molecular complexity index is 1320. The lowest BCUT2D eigenvalue weighted by Gasteiger charge is -2.31. The van der Waals surface area contributed by atoms with E-state index in [4.69, 9.17) is 18.6 Å². The van der Waals surface area contributed by atoms with Gasteiger partial charge in [0.25, 0.3) is 5.91 Å². The van der Waals surface area contributed by atoms with Gasteiger partial charge >= 0.3 is 0 Å². The van der Waals surface area contributed by atoms with Gasteiger partial charge in [-0.2, -0.15) is 0 Å². The van der Waals surface area contributed by atoms with Gasteiger partial charge in [0.05, 0.1) is 43.9 Å². The van der Waals surface area contributed by atoms with Gasteiger partial charge in [-0.05, 0) is 42.8 Å². The first-order valence-electron chi connectivity index (χ1n) is 11.7. The van der Waals surface area contributed by atoms with Gasteiger partial charge in [-0.3, -0.25) is 14.5 Å². The van der Waals surface area contributed by atoms with Crippen LogP contribution in [0.1, 0.15) is 34.6 Å². The molecule has 1 fully saturated rings. The van der Waals surface area contributed by atoms with Crippen LogP contribution in [0.3, 0.4) is 0 Å². The Morgan fingerprint density at radius 1 is 1.06 bits per heavy atom. The lowest BCUT2D eigenvalue weighted by molar-refractivity contribution is 0.0314. The number of benzene rings is 2. The van der Waals surface area contributed by atoms with Crippen molar-refractivity contribution in [2.45, 2.75) is 13.0 Å². The number of halogens is 1. The summed E-state index contributed by atoms with van der Waals surface area (Å²) in [6.07, 6.45) is 0. The molecule has 2 aliphatic rings. The van der Waals surface area contributed by atoms with Crippen molar-refractivity contribution in [1.29, 1.82) is 0 Å². The largest absolute Gasteiger partial charge is 0.493 e. The first kappa shape index (κ1) is 23.3. The van der Waals surface area contributed by atoms with Crippen LogP contribution in [-0.2, 0) is 4.74 Å². The minimum Gasteiger partial charge on any atom is -0.493 e. The summed E-state index contributed by atoms with van der Waals surface area (Å²) in [6, 6.07) is 8.40. The van der Waals surface area contributed by atoms with E-state index in [0.29, 0.717) is 50.0 Å². The van der Waals surface area contributed by atoms with E-state index in [2.05, 4.69) is 4.90 Å². The molecule has 1 aromatic heterocycles. The van der Waals surface area contributed by atoms with Crippen molar-refractivity contribution in [3.63, 3.8) is 0 Å². The number of ether oxygens (including phenoxy) is 3. The Balaban J connectivity index is 1.62. The molecule has 2 aromatic carbocycles. The Hall–Kier alpha value is -3.43. The molecule has 184 valence electrons. The third-order valence-electron chi connectivity index (χ3n) is 6.49. The molecule has 1 amide bonds. The molecular weight excluding hydrogens is 455 g/mol. The van der Waals surface area contributed by atoms with Crippen LogP contribution in [-0.4, -0.2) is 68.8 Å². The van der Waals surface area contributed by atoms with Crippen molar-refractivity contribution in [3.8, 4) is 11.5 Å². The normalized spacial score (nSPS) is 18.2. The van der Waals surface area contributed by atoms with Gasteiger partial charge in [0.2, 0.25) is 5.76 Å². The van der Waals surface area contributed by atoms with Crippen LogP contribution in [0.2, 0.25) is 0 Å². The third kappa shape index (κ3) is 4.26. The Morgan fingerprint density at radius 2 is 1.86 bits per heavy atom. The summed E-state index contributed by atoms with van der Waals surface area (Å²) in [5.74, 6) is 0.145. The minimum absolute atomic E-state index is 0.00561. The summed E-state index contributed by atoms with van der Waals surface area (Å²) in [5, 5.41) is 0.106. The average molecular weight is 483 g/mol. The van der Waals surface area contributed by atoms with Crippen molar-refractivity contribution < 1.29 is 27.8 Å². The van der Waals surface area contributed by atoms with E-state index < -0.39 is 17.3 Å². The second-order valence-corrected chi connectivity index (χ2v) is 8.51. The molecule has 1 saturated heterocycles. The number of fused-ring (bicyclic) bond motifs is 2. The molecule has 35 heavy (non-hydrogen) atoms. The number of hydrogen-bond acceptors (Lipinski definition) is 7. The molecule has 1 atom stereocenters. The van der Waals surface area contributed by atoms with Crippen LogP contribution >= 0.6 is 0 Å². The van der Waals surface area contributed by atoms with Crippen molar-refractivity contribution in [2.75, 3.05) is 53.1 Å². The Morgan fingerprint density at radius 3 is 2.60 bits per heavy atom. The van der Waals surface area contributed by atoms with E-state index in [9.17, 15) is 14.0 Å². The molecule has 0 spiro atoms. The van der Waals surface area contributed by atoms with Crippen LogP contribution in [0.25, 0.3) is 11.0 Å². The monoisotopic (exact) mass is 482 g/mol. The number of carbonyl (C=O) groups excluding carboxylic acids is 1. The Labute approximate surface area is 201 Å². The van der Waals surface area contributed by atoms with Crippen LogP contribution in [0.4, 0.5) is 4.39 Å². The zero-order chi connectivity index (χ0) is 24.5. The molecule has 0 bridgehead atoms. The molecule has 1 unspecified atom stereocenters. The molecule has 3 aromatic rings. The average Bonchev–Trinajstić information content (AvgIpc) is 3.16. The summed E-state index contributed by atoms with van der Waals surface area (Å²) < 4.78 is 36.5. The van der Waals surface area contributed by atoms with E-state index in [1.807, 2.05) is 13.0 Å². The van der Waals surface area contributed by atoms with Crippen LogP contribution in [0, 0.1) is 5.82 Å². The molecule has 0 radical (unpaired) electrons. The van der Waals surface area contributed by atoms with Gasteiger partial charge in [0.1, 0.15) is 11.4 Å². The van der Waals surface area contributed by atoms with E-state index in [1.54, 1.807) is 17.0 Å². The summed E-state index contributed by atoms with van der Waals surface area (Å²) in [5.41, 5.74) is 0.658. The van der Waals surface area contributed by atoms with Crippen molar-refractivity contribution >= 4 is 16.9 Å². The predicted molar refractivity (Wildman–Crippen MR) is 127 cm³/mol. The van der Waals surface area contributed by atoms with Gasteiger partial charge < -0.3 is 23.5 Å². The van der Waals surface area contributed by atoms with Gasteiger partial charge in [0.15, 0.2) is 16.9 Å². The van der Waals surface area contributed by atoms with Crippen molar-refractivity contribution in [3.05, 3.63) is 69.3 Å². The second kappa shape index (κ2) is 9.67. The fourth-order valence-electron chi connectivity index (χ4n) is 4.77. The maximum absolute atomic E-state index is 14.0. The molecule has 2 aliphatic heterocycles. The summed E-state index contributed by atoms with van der Waals surface area (Å²) >= 11 is 0. The van der Waals surface area contributed by atoms with Crippen molar-refractivity contribution in [2.24, 2.45) is 0 Å². The maximum atomic E-state index is 14.0. The summed E-state index contributed by atoms with van der Waals surface area (Å²) in [7, 11) is 1.54. The maximum Gasteiger partial charge on any atom is 0.290 e. The number of amides is 1. The van der Waals surface area contributed by atoms with Crippen molar-refractivity contribution in [1.82, 2.24) is 9.80 Å². The quantitative estimate of drug-likeness (QED) is 0.512. The highest BCUT2D eigenvalue weighted by atomic mass is 19.1. The molecule has 0 aliphatic carbocycles. The van der Waals surface area contributed by atoms with E-state index in [0.717, 1.165) is 19.2 Å². The number of hydrogen-bond donors (Lipinski definition) is 0. The minimum atomic E-state index is -0.702. The topological polar surface area (TPSA) is 81.5 Å². The number of methoxy groups -OCH3 is 1. The fraction of sp³-hybridized carbons (Fsp3) is 0.385. The van der Waals surface area contributed by atoms with E-state index in [1.165, 1.54) is 19.2 Å². The smallest absolute Gasteiger partial charge is 0.290 e. The number of morpholine rings is 1. The molecule has 9 heteroatoms. The van der Waals surface area contributed by atoms with Crippen LogP contribution in [0.15, 0.2) is 45.6 Å². The van der Waals surface area contributed by atoms with Gasteiger partial charge in [0, 0.05) is 26.2 Å². The fourth-order valence-corrected chi connectivity index (χ4v) is 4.77. The highest BCUT2D eigenvalue weighted by molar-refractivity contribution is 5.99. The van der Waals surface area contributed by atoms with Gasteiger partial charge in [-0.25, -0.2) is 4.39 Å². The number of rotatable bonds is 7. The van der Waals surface area contributed by atoms with E-state index >= 15 is 0 Å². The number of nitrogens with zero attached hydrogens (tertiary/aromatic N) is 2. The highest BCUT2D eigenvalue weighted by Gasteiger charge is 2.43. The number of carbonyl (C=O) groups is 1. The molecular formula is C26H27FN2O6. The summed E-state index contributed by atoms with van der Waals surface area (Å²) in [4.78, 5) is 31.0. The molecule has 3 heterocycles.